The van der Waals surface area contributed by atoms with Crippen LogP contribution in [0.3, 0.4) is 0 Å². The average molecular weight is 338 g/mol. The van der Waals surface area contributed by atoms with Gasteiger partial charge in [-0.05, 0) is 40.2 Å². The average Bonchev–Trinajstić information content (AvgIpc) is 3.25. The quantitative estimate of drug-likeness (QED) is 0.564. The van der Waals surface area contributed by atoms with Gasteiger partial charge in [-0.3, -0.25) is 0 Å². The monoisotopic (exact) mass is 338 g/mol. The van der Waals surface area contributed by atoms with Crippen LogP contribution in [-0.4, -0.2) is 29.9 Å². The minimum atomic E-state index is 0.501. The van der Waals surface area contributed by atoms with E-state index in [1.54, 1.807) is 10.7 Å². The molecule has 25 heavy (non-hydrogen) atoms. The van der Waals surface area contributed by atoms with E-state index in [1.807, 2.05) is 33.8 Å². The maximum Gasteiger partial charge on any atom is 0.227 e. The van der Waals surface area contributed by atoms with E-state index in [1.165, 1.54) is 0 Å². The molecule has 0 aromatic carbocycles. The highest BCUT2D eigenvalue weighted by Gasteiger charge is 2.17. The van der Waals surface area contributed by atoms with Crippen molar-refractivity contribution in [1.29, 1.82) is 0 Å². The van der Waals surface area contributed by atoms with E-state index in [0.717, 1.165) is 46.0 Å². The topological polar surface area (TPSA) is 95.1 Å². The molecule has 4 heterocycles. The number of rotatable bonds is 4. The normalized spacial score (nSPS) is 11.5. The number of fused-ring (bicyclic) bond motifs is 1. The van der Waals surface area contributed by atoms with Crippen LogP contribution in [0.4, 0.5) is 0 Å². The summed E-state index contributed by atoms with van der Waals surface area (Å²) in [4.78, 5) is 9.05. The second kappa shape index (κ2) is 5.80. The van der Waals surface area contributed by atoms with E-state index in [2.05, 4.69) is 25.4 Å². The van der Waals surface area contributed by atoms with Gasteiger partial charge < -0.3 is 9.05 Å². The van der Waals surface area contributed by atoms with Crippen molar-refractivity contribution in [2.45, 2.75) is 40.5 Å². The fourth-order valence-corrected chi connectivity index (χ4v) is 2.98. The molecule has 0 unspecified atom stereocenters. The first-order chi connectivity index (χ1) is 12.0. The van der Waals surface area contributed by atoms with Crippen LogP contribution in [0.15, 0.2) is 21.3 Å². The van der Waals surface area contributed by atoms with Crippen molar-refractivity contribution < 1.29 is 9.05 Å². The van der Waals surface area contributed by atoms with Gasteiger partial charge in [-0.15, -0.1) is 0 Å². The molecule has 4 aromatic heterocycles. The Morgan fingerprint density at radius 1 is 1.00 bits per heavy atom. The number of aromatic nitrogens is 6. The van der Waals surface area contributed by atoms with E-state index in [4.69, 9.17) is 9.05 Å². The maximum absolute atomic E-state index is 5.40. The van der Waals surface area contributed by atoms with Crippen LogP contribution >= 0.6 is 0 Å². The van der Waals surface area contributed by atoms with Crippen LogP contribution in [0.25, 0.3) is 17.0 Å². The second-order valence-corrected chi connectivity index (χ2v) is 6.15. The molecule has 0 aliphatic carbocycles. The second-order valence-electron chi connectivity index (χ2n) is 6.15. The van der Waals surface area contributed by atoms with Gasteiger partial charge in [-0.25, -0.2) is 9.50 Å². The fraction of sp³-hybridized carbons (Fsp3) is 0.353. The van der Waals surface area contributed by atoms with Crippen molar-refractivity contribution in [2.24, 2.45) is 0 Å². The van der Waals surface area contributed by atoms with Crippen molar-refractivity contribution in [3.05, 3.63) is 46.6 Å². The van der Waals surface area contributed by atoms with Crippen molar-refractivity contribution >= 4 is 5.65 Å². The number of hydrogen-bond acceptors (Lipinski definition) is 7. The van der Waals surface area contributed by atoms with Gasteiger partial charge in [0.1, 0.15) is 5.76 Å². The predicted octanol–water partition coefficient (Wildman–Crippen LogP) is 2.79. The van der Waals surface area contributed by atoms with Gasteiger partial charge in [0.2, 0.25) is 11.7 Å². The molecule has 4 aromatic rings. The van der Waals surface area contributed by atoms with Gasteiger partial charge >= 0.3 is 0 Å². The molecule has 0 fully saturated rings. The third-order valence-electron chi connectivity index (χ3n) is 4.26. The van der Waals surface area contributed by atoms with Crippen molar-refractivity contribution in [3.8, 4) is 11.4 Å². The third-order valence-corrected chi connectivity index (χ3v) is 4.26. The lowest BCUT2D eigenvalue weighted by Crippen LogP contribution is -1.97. The largest absolute Gasteiger partial charge is 0.361 e. The van der Waals surface area contributed by atoms with E-state index in [9.17, 15) is 0 Å². The van der Waals surface area contributed by atoms with Gasteiger partial charge in [-0.2, -0.15) is 10.1 Å². The van der Waals surface area contributed by atoms with E-state index in [0.29, 0.717) is 18.1 Å². The Morgan fingerprint density at radius 2 is 1.84 bits per heavy atom. The molecule has 0 aliphatic heterocycles. The molecule has 128 valence electrons. The van der Waals surface area contributed by atoms with E-state index < -0.39 is 0 Å². The Labute approximate surface area is 143 Å². The molecular weight excluding hydrogens is 320 g/mol. The van der Waals surface area contributed by atoms with Gasteiger partial charge in [0.15, 0.2) is 5.65 Å². The molecule has 0 aliphatic rings. The standard InChI is InChI=1S/C17H18N6O2/c1-9-7-10(2)23-17(19-9)14(8-18-23)16-20-15(25-22-16)6-5-13-11(3)21-24-12(13)4/h7-8H,5-6H2,1-4H3. The molecule has 0 saturated heterocycles. The lowest BCUT2D eigenvalue weighted by molar-refractivity contribution is 0.377. The summed E-state index contributed by atoms with van der Waals surface area (Å²) >= 11 is 0. The zero-order valence-electron chi connectivity index (χ0n) is 14.6. The van der Waals surface area contributed by atoms with Crippen LogP contribution < -0.4 is 0 Å². The SMILES string of the molecule is Cc1cc(C)n2ncc(-c3noc(CCc4c(C)noc4C)n3)c2n1. The van der Waals surface area contributed by atoms with Crippen LogP contribution in [0.2, 0.25) is 0 Å². The fourth-order valence-electron chi connectivity index (χ4n) is 2.98. The van der Waals surface area contributed by atoms with E-state index in [-0.39, 0.29) is 0 Å². The summed E-state index contributed by atoms with van der Waals surface area (Å²) in [5, 5.41) is 12.4. The summed E-state index contributed by atoms with van der Waals surface area (Å²) in [6.07, 6.45) is 3.09. The summed E-state index contributed by atoms with van der Waals surface area (Å²) in [7, 11) is 0. The molecule has 4 rings (SSSR count). The molecule has 8 heteroatoms. The maximum atomic E-state index is 5.40. The first-order valence-electron chi connectivity index (χ1n) is 8.09. The number of aryl methyl sites for hydroxylation is 5. The zero-order chi connectivity index (χ0) is 17.6. The summed E-state index contributed by atoms with van der Waals surface area (Å²) in [6.45, 7) is 7.78. The van der Waals surface area contributed by atoms with Gasteiger partial charge in [0.25, 0.3) is 0 Å². The molecule has 0 amide bonds. The number of hydrogen-bond donors (Lipinski definition) is 0. The Bertz CT molecular complexity index is 1040. The first kappa shape index (κ1) is 15.5. The summed E-state index contributed by atoms with van der Waals surface area (Å²) in [6, 6.07) is 1.98. The summed E-state index contributed by atoms with van der Waals surface area (Å²) in [5.41, 5.74) is 5.41. The minimum Gasteiger partial charge on any atom is -0.361 e. The van der Waals surface area contributed by atoms with Crippen molar-refractivity contribution in [2.75, 3.05) is 0 Å². The lowest BCUT2D eigenvalue weighted by atomic mass is 10.1. The van der Waals surface area contributed by atoms with Crippen LogP contribution in [0.1, 0.15) is 34.3 Å². The smallest absolute Gasteiger partial charge is 0.227 e. The highest BCUT2D eigenvalue weighted by atomic mass is 16.5. The van der Waals surface area contributed by atoms with Gasteiger partial charge in [-0.1, -0.05) is 10.3 Å². The van der Waals surface area contributed by atoms with Crippen LogP contribution in [-0.2, 0) is 12.8 Å². The predicted molar refractivity (Wildman–Crippen MR) is 89.1 cm³/mol. The minimum absolute atomic E-state index is 0.501. The molecule has 8 nitrogen and oxygen atoms in total. The Balaban J connectivity index is 1.61. The highest BCUT2D eigenvalue weighted by Crippen LogP contribution is 2.22. The Kier molecular flexibility index (Phi) is 3.60. The Hall–Kier alpha value is -3.03. The van der Waals surface area contributed by atoms with Gasteiger partial charge in [0.05, 0.1) is 17.5 Å². The third kappa shape index (κ3) is 2.69. The molecular formula is C17H18N6O2. The Morgan fingerprint density at radius 3 is 2.60 bits per heavy atom. The van der Waals surface area contributed by atoms with E-state index >= 15 is 0 Å². The molecule has 0 spiro atoms. The summed E-state index contributed by atoms with van der Waals surface area (Å²) < 4.78 is 12.4. The zero-order valence-corrected chi connectivity index (χ0v) is 14.6. The van der Waals surface area contributed by atoms with Crippen molar-refractivity contribution in [3.63, 3.8) is 0 Å². The number of nitrogens with zero attached hydrogens (tertiary/aromatic N) is 6. The summed E-state index contributed by atoms with van der Waals surface area (Å²) in [5.74, 6) is 1.90. The molecule has 0 radical (unpaired) electrons. The molecule has 0 atom stereocenters. The molecule has 0 N–H and O–H groups in total. The molecule has 0 saturated carbocycles. The van der Waals surface area contributed by atoms with Gasteiger partial charge in [0, 0.05) is 23.4 Å². The molecule has 0 bridgehead atoms. The first-order valence-corrected chi connectivity index (χ1v) is 8.09. The van der Waals surface area contributed by atoms with Crippen molar-refractivity contribution in [1.82, 2.24) is 29.9 Å². The highest BCUT2D eigenvalue weighted by molar-refractivity contribution is 5.72. The van der Waals surface area contributed by atoms with Crippen LogP contribution in [0, 0.1) is 27.7 Å². The lowest BCUT2D eigenvalue weighted by Gasteiger charge is -2.00. The van der Waals surface area contributed by atoms with Crippen LogP contribution in [0.5, 0.6) is 0 Å².